The third kappa shape index (κ3) is 3.98. The molecule has 0 spiro atoms. The second kappa shape index (κ2) is 7.69. The van der Waals surface area contributed by atoms with Gasteiger partial charge in [-0.2, -0.15) is 5.01 Å². The summed E-state index contributed by atoms with van der Waals surface area (Å²) in [4.78, 5) is 37.6. The van der Waals surface area contributed by atoms with Gasteiger partial charge in [-0.1, -0.05) is 24.8 Å². The third-order valence-corrected chi connectivity index (χ3v) is 6.27. The first-order valence-electron chi connectivity index (χ1n) is 8.33. The van der Waals surface area contributed by atoms with Crippen molar-refractivity contribution in [1.82, 2.24) is 30.5 Å². The van der Waals surface area contributed by atoms with Crippen LogP contribution in [0.5, 0.6) is 0 Å². The number of nitrogens with zero attached hydrogens (tertiary/aromatic N) is 4. The molecule has 0 bridgehead atoms. The highest BCUT2D eigenvalue weighted by Crippen LogP contribution is 2.21. The molecule has 0 aromatic carbocycles. The average molecular weight is 409 g/mol. The van der Waals surface area contributed by atoms with E-state index in [1.165, 1.54) is 16.6 Å². The summed E-state index contributed by atoms with van der Waals surface area (Å²) < 4.78 is 1.83. The molecule has 2 aromatic rings. The number of hydrazine groups is 1. The van der Waals surface area contributed by atoms with Crippen molar-refractivity contribution in [2.45, 2.75) is 37.4 Å². The number of rotatable bonds is 7. The number of thiophene rings is 1. The van der Waals surface area contributed by atoms with E-state index in [1.54, 1.807) is 25.2 Å². The van der Waals surface area contributed by atoms with Crippen LogP contribution in [0.25, 0.3) is 0 Å². The van der Waals surface area contributed by atoms with E-state index >= 15 is 0 Å². The van der Waals surface area contributed by atoms with Crippen molar-refractivity contribution in [3.63, 3.8) is 0 Å². The zero-order chi connectivity index (χ0) is 19.6. The van der Waals surface area contributed by atoms with Gasteiger partial charge in [0.1, 0.15) is 11.4 Å². The Bertz CT molecular complexity index is 866. The number of carbonyl (C=O) groups is 3. The largest absolute Gasteiger partial charge is 0.344 e. The van der Waals surface area contributed by atoms with Gasteiger partial charge in [-0.3, -0.25) is 15.0 Å². The first kappa shape index (κ1) is 19.4. The molecule has 2 aromatic heterocycles. The third-order valence-electron chi connectivity index (χ3n) is 4.37. The molecule has 27 heavy (non-hydrogen) atoms. The van der Waals surface area contributed by atoms with E-state index in [2.05, 4.69) is 20.9 Å². The normalized spacial score (nSPS) is 19.4. The Morgan fingerprint density at radius 3 is 2.81 bits per heavy atom. The molecule has 1 aliphatic rings. The summed E-state index contributed by atoms with van der Waals surface area (Å²) >= 11 is 2.84. The molecule has 1 atom stereocenters. The molecule has 9 nitrogen and oxygen atoms in total. The highest BCUT2D eigenvalue weighted by Gasteiger charge is 2.47. The van der Waals surface area contributed by atoms with E-state index in [0.717, 1.165) is 10.8 Å². The Labute approximate surface area is 164 Å². The Morgan fingerprint density at radius 1 is 1.41 bits per heavy atom. The van der Waals surface area contributed by atoms with Crippen LogP contribution in [0.2, 0.25) is 0 Å². The Kier molecular flexibility index (Phi) is 5.51. The minimum atomic E-state index is -0.988. The molecule has 11 heteroatoms. The van der Waals surface area contributed by atoms with Crippen LogP contribution in [0.3, 0.4) is 0 Å². The molecule has 2 N–H and O–H groups in total. The van der Waals surface area contributed by atoms with Gasteiger partial charge < -0.3 is 9.88 Å². The molecule has 0 aliphatic carbocycles. The van der Waals surface area contributed by atoms with Gasteiger partial charge >= 0.3 is 6.03 Å². The van der Waals surface area contributed by atoms with E-state index < -0.39 is 23.4 Å². The lowest BCUT2D eigenvalue weighted by atomic mass is 10.00. The minimum Gasteiger partial charge on any atom is -0.322 e. The summed E-state index contributed by atoms with van der Waals surface area (Å²) in [5.41, 5.74) is 1.37. The molecule has 0 radical (unpaired) electrons. The number of aromatic nitrogens is 3. The number of hydrogen-bond acceptors (Lipinski definition) is 7. The lowest BCUT2D eigenvalue weighted by molar-refractivity contribution is -0.137. The van der Waals surface area contributed by atoms with Gasteiger partial charge in [0.25, 0.3) is 5.91 Å². The number of nitrogens with one attached hydrogen (secondary N) is 2. The smallest absolute Gasteiger partial charge is 0.322 e. The number of hydrogen-bond donors (Lipinski definition) is 2. The molecule has 1 unspecified atom stereocenters. The summed E-state index contributed by atoms with van der Waals surface area (Å²) in [6, 6.07) is 3.39. The molecular weight excluding hydrogens is 388 g/mol. The van der Waals surface area contributed by atoms with E-state index in [1.807, 2.05) is 29.1 Å². The predicted octanol–water partition coefficient (Wildman–Crippen LogP) is 1.31. The van der Waals surface area contributed by atoms with Crippen LogP contribution >= 0.6 is 23.1 Å². The Hall–Kier alpha value is -2.40. The molecule has 1 fully saturated rings. The van der Waals surface area contributed by atoms with Gasteiger partial charge in [-0.15, -0.1) is 21.5 Å². The van der Waals surface area contributed by atoms with Crippen molar-refractivity contribution in [3.05, 3.63) is 28.2 Å². The maximum Gasteiger partial charge on any atom is 0.344 e. The average Bonchev–Trinajstić information content (AvgIpc) is 3.32. The van der Waals surface area contributed by atoms with Gasteiger partial charge in [0, 0.05) is 18.3 Å². The molecule has 0 saturated carbocycles. The molecule has 1 saturated heterocycles. The summed E-state index contributed by atoms with van der Waals surface area (Å²) in [6.07, 6.45) is 1.11. The lowest BCUT2D eigenvalue weighted by Gasteiger charge is -2.19. The Balaban J connectivity index is 1.56. The summed E-state index contributed by atoms with van der Waals surface area (Å²) in [7, 11) is 1.84. The lowest BCUT2D eigenvalue weighted by Crippen LogP contribution is -2.49. The number of urea groups is 1. The summed E-state index contributed by atoms with van der Waals surface area (Å²) in [5.74, 6) is -0.129. The Morgan fingerprint density at radius 2 is 2.19 bits per heavy atom. The monoisotopic (exact) mass is 408 g/mol. The number of thioether (sulfide) groups is 1. The predicted molar refractivity (Wildman–Crippen MR) is 101 cm³/mol. The van der Waals surface area contributed by atoms with Crippen LogP contribution < -0.4 is 10.7 Å². The number of carbonyl (C=O) groups excluding carboxylic acids is 3. The quantitative estimate of drug-likeness (QED) is 0.528. The fraction of sp³-hybridized carbons (Fsp3) is 0.438. The zero-order valence-corrected chi connectivity index (χ0v) is 16.8. The summed E-state index contributed by atoms with van der Waals surface area (Å²) in [6.45, 7) is 3.42. The van der Waals surface area contributed by atoms with Gasteiger partial charge in [0.05, 0.1) is 5.75 Å². The van der Waals surface area contributed by atoms with Crippen molar-refractivity contribution in [1.29, 1.82) is 0 Å². The second-order valence-corrected chi connectivity index (χ2v) is 8.27. The van der Waals surface area contributed by atoms with Crippen LogP contribution in [0, 0.1) is 0 Å². The zero-order valence-electron chi connectivity index (χ0n) is 15.2. The van der Waals surface area contributed by atoms with Crippen LogP contribution in [-0.4, -0.2) is 48.9 Å². The fourth-order valence-corrected chi connectivity index (χ4v) is 3.93. The molecule has 1 aliphatic heterocycles. The van der Waals surface area contributed by atoms with Gasteiger partial charge in [-0.05, 0) is 24.8 Å². The first-order chi connectivity index (χ1) is 12.8. The van der Waals surface area contributed by atoms with E-state index in [4.69, 9.17) is 0 Å². The highest BCUT2D eigenvalue weighted by molar-refractivity contribution is 7.99. The van der Waals surface area contributed by atoms with Crippen LogP contribution in [-0.2, 0) is 23.1 Å². The van der Waals surface area contributed by atoms with Crippen LogP contribution in [0.4, 0.5) is 4.79 Å². The SMILES string of the molecule is CCC1(C)NC(=O)N(NC(=O)CSc2nnc(Cc3cccs3)n2C)C1=O. The van der Waals surface area contributed by atoms with Crippen molar-refractivity contribution in [2.24, 2.45) is 7.05 Å². The molecule has 3 heterocycles. The molecule has 4 amide bonds. The van der Waals surface area contributed by atoms with Gasteiger partial charge in [-0.25, -0.2) is 4.79 Å². The van der Waals surface area contributed by atoms with Crippen LogP contribution in [0.15, 0.2) is 22.7 Å². The molecular formula is C16H20N6O3S2. The molecule has 144 valence electrons. The second-order valence-electron chi connectivity index (χ2n) is 6.29. The van der Waals surface area contributed by atoms with E-state index in [9.17, 15) is 14.4 Å². The summed E-state index contributed by atoms with van der Waals surface area (Å²) in [5, 5.41) is 14.2. The van der Waals surface area contributed by atoms with Crippen molar-refractivity contribution < 1.29 is 14.4 Å². The van der Waals surface area contributed by atoms with Crippen molar-refractivity contribution in [3.8, 4) is 0 Å². The van der Waals surface area contributed by atoms with Gasteiger partial charge in [0.15, 0.2) is 5.16 Å². The maximum absolute atomic E-state index is 12.3. The highest BCUT2D eigenvalue weighted by atomic mass is 32.2. The topological polar surface area (TPSA) is 109 Å². The van der Waals surface area contributed by atoms with E-state index in [-0.39, 0.29) is 5.75 Å². The first-order valence-corrected chi connectivity index (χ1v) is 10.2. The molecule has 3 rings (SSSR count). The standard InChI is InChI=1S/C16H20N6O3S2/c1-4-16(2)13(24)22(14(25)17-16)20-12(23)9-27-15-19-18-11(21(15)3)8-10-6-5-7-26-10/h5-7H,4,8-9H2,1-3H3,(H,17,25)(H,20,23). The van der Waals surface area contributed by atoms with Gasteiger partial charge in [0.2, 0.25) is 5.91 Å². The fourth-order valence-electron chi connectivity index (χ4n) is 2.51. The van der Waals surface area contributed by atoms with Crippen molar-refractivity contribution in [2.75, 3.05) is 5.75 Å². The number of imide groups is 1. The van der Waals surface area contributed by atoms with Crippen LogP contribution in [0.1, 0.15) is 31.0 Å². The van der Waals surface area contributed by atoms with E-state index in [0.29, 0.717) is 18.0 Å². The maximum atomic E-state index is 12.3. The van der Waals surface area contributed by atoms with Crippen molar-refractivity contribution >= 4 is 40.9 Å². The minimum absolute atomic E-state index is 0.00484. The number of amides is 4.